The van der Waals surface area contributed by atoms with Gasteiger partial charge in [-0.25, -0.2) is 0 Å². The monoisotopic (exact) mass is 419 g/mol. The number of rotatable bonds is 2. The van der Waals surface area contributed by atoms with Crippen molar-refractivity contribution < 1.29 is 51.3 Å². The van der Waals surface area contributed by atoms with Crippen LogP contribution in [0.1, 0.15) is 37.6 Å². The minimum atomic E-state index is -1.17. The second-order valence-electron chi connectivity index (χ2n) is 6.93. The molecule has 0 saturated heterocycles. The number of halogens is 2. The van der Waals surface area contributed by atoms with Crippen LogP contribution in [0.2, 0.25) is 18.1 Å². The molecule has 0 heterocycles. The van der Waals surface area contributed by atoms with Gasteiger partial charge in [-0.05, 0) is 23.6 Å². The largest absolute Gasteiger partial charge is 2.00 e. The molecule has 132 valence electrons. The molecule has 0 aliphatic heterocycles. The molecule has 1 aromatic carbocycles. The fourth-order valence-corrected chi connectivity index (χ4v) is 4.10. The van der Waals surface area contributed by atoms with Crippen LogP contribution in [0.5, 0.6) is 0 Å². The van der Waals surface area contributed by atoms with E-state index < -0.39 is 8.07 Å². The van der Waals surface area contributed by atoms with E-state index in [4.69, 9.17) is 5.73 Å². The summed E-state index contributed by atoms with van der Waals surface area (Å²) in [6.07, 6.45) is 8.01. The molecule has 0 aromatic heterocycles. The van der Waals surface area contributed by atoms with E-state index in [1.807, 2.05) is 6.07 Å². The SMILES string of the molecule is CC(C)(C)[Si](C)(C)C1=CC=CC1.NC(=O)c1ccccc1.[Cl-].[Cl-].[Ti+2]. The summed E-state index contributed by atoms with van der Waals surface area (Å²) in [5.41, 5.74) is 5.53. The Balaban J connectivity index is -0.000000336. The third-order valence-corrected chi connectivity index (χ3v) is 10.2. The first-order valence-corrected chi connectivity index (χ1v) is 10.4. The van der Waals surface area contributed by atoms with E-state index in [1.54, 1.807) is 29.5 Å². The average molecular weight is 420 g/mol. The smallest absolute Gasteiger partial charge is 1.00 e. The quantitative estimate of drug-likeness (QED) is 0.595. The molecule has 1 aromatic rings. The fourth-order valence-electron chi connectivity index (χ4n) is 1.99. The van der Waals surface area contributed by atoms with Gasteiger partial charge in [0.2, 0.25) is 5.91 Å². The second kappa shape index (κ2) is 12.1. The normalized spacial score (nSPS) is 12.5. The van der Waals surface area contributed by atoms with Gasteiger partial charge in [-0.15, -0.1) is 0 Å². The Morgan fingerprint density at radius 2 is 1.58 bits per heavy atom. The Bertz CT molecular complexity index is 552. The summed E-state index contributed by atoms with van der Waals surface area (Å²) in [6.45, 7) is 12.1. The molecule has 1 aliphatic rings. The number of carbonyl (C=O) groups excluding carboxylic acids is 1. The van der Waals surface area contributed by atoms with E-state index in [1.165, 1.54) is 6.42 Å². The van der Waals surface area contributed by atoms with Gasteiger partial charge in [-0.3, -0.25) is 4.79 Å². The van der Waals surface area contributed by atoms with Gasteiger partial charge in [0, 0.05) is 5.56 Å². The first kappa shape index (κ1) is 28.5. The number of allylic oxidation sites excluding steroid dienone is 4. The number of primary amides is 1. The number of amides is 1. The molecule has 0 fully saturated rings. The molecule has 1 aliphatic carbocycles. The maximum Gasteiger partial charge on any atom is 2.00 e. The van der Waals surface area contributed by atoms with Crippen molar-refractivity contribution in [1.82, 2.24) is 0 Å². The summed E-state index contributed by atoms with van der Waals surface area (Å²) >= 11 is 0. The van der Waals surface area contributed by atoms with Crippen molar-refractivity contribution in [2.75, 3.05) is 0 Å². The summed E-state index contributed by atoms with van der Waals surface area (Å²) in [6, 6.07) is 8.76. The summed E-state index contributed by atoms with van der Waals surface area (Å²) in [5.74, 6) is -0.379. The molecule has 2 nitrogen and oxygen atoms in total. The number of nitrogens with two attached hydrogens (primary N) is 1. The van der Waals surface area contributed by atoms with Gasteiger partial charge in [0.15, 0.2) is 0 Å². The predicted octanol–water partition coefficient (Wildman–Crippen LogP) is -1.29. The van der Waals surface area contributed by atoms with Crippen molar-refractivity contribution in [3.8, 4) is 0 Å². The minimum absolute atomic E-state index is 0. The zero-order valence-corrected chi connectivity index (χ0v) is 19.1. The van der Waals surface area contributed by atoms with E-state index in [-0.39, 0.29) is 52.4 Å². The minimum Gasteiger partial charge on any atom is -1.00 e. The van der Waals surface area contributed by atoms with Crippen molar-refractivity contribution in [1.29, 1.82) is 0 Å². The Morgan fingerprint density at radius 1 is 1.08 bits per heavy atom. The first-order chi connectivity index (χ1) is 9.66. The van der Waals surface area contributed by atoms with Gasteiger partial charge >= 0.3 is 21.7 Å². The molecule has 0 spiro atoms. The molecule has 0 saturated carbocycles. The van der Waals surface area contributed by atoms with Crippen LogP contribution in [-0.4, -0.2) is 14.0 Å². The third-order valence-electron chi connectivity index (χ3n) is 4.51. The van der Waals surface area contributed by atoms with Crippen molar-refractivity contribution in [2.24, 2.45) is 5.73 Å². The average Bonchev–Trinajstić information content (AvgIpc) is 2.93. The number of hydrogen-bond acceptors (Lipinski definition) is 1. The van der Waals surface area contributed by atoms with Crippen LogP contribution in [-0.2, 0) is 21.7 Å². The zero-order valence-electron chi connectivity index (χ0n) is 15.1. The molecule has 0 bridgehead atoms. The van der Waals surface area contributed by atoms with Crippen LogP contribution >= 0.6 is 0 Å². The summed E-state index contributed by atoms with van der Waals surface area (Å²) in [5, 5.41) is 2.19. The van der Waals surface area contributed by atoms with Gasteiger partial charge in [0.1, 0.15) is 0 Å². The van der Waals surface area contributed by atoms with E-state index in [0.717, 1.165) is 0 Å². The number of hydrogen-bond donors (Lipinski definition) is 1. The van der Waals surface area contributed by atoms with Crippen molar-refractivity contribution >= 4 is 14.0 Å². The Kier molecular flexibility index (Phi) is 14.4. The fraction of sp³-hybridized carbons (Fsp3) is 0.389. The molecule has 0 unspecified atom stereocenters. The van der Waals surface area contributed by atoms with Crippen LogP contribution in [0.3, 0.4) is 0 Å². The van der Waals surface area contributed by atoms with E-state index in [9.17, 15) is 4.79 Å². The topological polar surface area (TPSA) is 43.1 Å². The van der Waals surface area contributed by atoms with Crippen LogP contribution in [0.25, 0.3) is 0 Å². The van der Waals surface area contributed by atoms with Crippen LogP contribution in [0.4, 0.5) is 0 Å². The van der Waals surface area contributed by atoms with E-state index >= 15 is 0 Å². The maximum absolute atomic E-state index is 10.4. The summed E-state index contributed by atoms with van der Waals surface area (Å²) in [4.78, 5) is 10.4. The van der Waals surface area contributed by atoms with E-state index in [0.29, 0.717) is 10.6 Å². The molecular weight excluding hydrogens is 393 g/mol. The van der Waals surface area contributed by atoms with Gasteiger partial charge in [0.25, 0.3) is 0 Å². The molecule has 0 radical (unpaired) electrons. The Morgan fingerprint density at radius 3 is 1.88 bits per heavy atom. The van der Waals surface area contributed by atoms with Gasteiger partial charge in [0.05, 0.1) is 8.07 Å². The zero-order chi connectivity index (χ0) is 16.1. The predicted molar refractivity (Wildman–Crippen MR) is 94.0 cm³/mol. The standard InChI is InChI=1S/C11H20Si.C7H7NO.2ClH.Ti/c1-11(2,3)12(4,5)10-8-6-7-9-10;8-7(9)6-4-2-1-3-5-6;;;/h6-8H,9H2,1-5H3;1-5H,(H2,8,9);2*1H;/q;;;;+2/p-2. The second-order valence-corrected chi connectivity index (χ2v) is 12.3. The van der Waals surface area contributed by atoms with E-state index in [2.05, 4.69) is 52.1 Å². The third kappa shape index (κ3) is 8.17. The van der Waals surface area contributed by atoms with Crippen molar-refractivity contribution in [3.05, 3.63) is 59.3 Å². The molecule has 0 atom stereocenters. The molecular formula is C18H27Cl2NOSiTi. The van der Waals surface area contributed by atoms with Crippen LogP contribution < -0.4 is 30.5 Å². The first-order valence-electron chi connectivity index (χ1n) is 7.37. The maximum atomic E-state index is 10.4. The van der Waals surface area contributed by atoms with Gasteiger partial charge in [-0.2, -0.15) is 0 Å². The number of carbonyl (C=O) groups is 1. The van der Waals surface area contributed by atoms with Gasteiger partial charge < -0.3 is 30.5 Å². The molecule has 24 heavy (non-hydrogen) atoms. The molecule has 2 rings (SSSR count). The van der Waals surface area contributed by atoms with Gasteiger partial charge in [-0.1, -0.05) is 75.5 Å². The summed E-state index contributed by atoms with van der Waals surface area (Å²) in [7, 11) is -1.17. The Labute approximate surface area is 175 Å². The van der Waals surface area contributed by atoms with Crippen molar-refractivity contribution in [2.45, 2.75) is 45.3 Å². The number of benzene rings is 1. The summed E-state index contributed by atoms with van der Waals surface area (Å²) < 4.78 is 0. The van der Waals surface area contributed by atoms with Crippen LogP contribution in [0, 0.1) is 0 Å². The molecule has 1 amide bonds. The molecule has 2 N–H and O–H groups in total. The van der Waals surface area contributed by atoms with Crippen LogP contribution in [0.15, 0.2) is 53.8 Å². The molecule has 6 heteroatoms. The Hall–Kier alpha value is -0.319. The van der Waals surface area contributed by atoms with Crippen molar-refractivity contribution in [3.63, 3.8) is 0 Å².